The fourth-order valence-electron chi connectivity index (χ4n) is 6.15. The molecule has 0 radical (unpaired) electrons. The zero-order chi connectivity index (χ0) is 25.3. The summed E-state index contributed by atoms with van der Waals surface area (Å²) in [5, 5.41) is 3.06. The van der Waals surface area contributed by atoms with Crippen molar-refractivity contribution < 1.29 is 28.4 Å². The third-order valence-electron chi connectivity index (χ3n) is 8.33. The van der Waals surface area contributed by atoms with Crippen molar-refractivity contribution in [2.45, 2.75) is 110 Å². The summed E-state index contributed by atoms with van der Waals surface area (Å²) in [5.41, 5.74) is 6.03. The van der Waals surface area contributed by atoms with E-state index in [-0.39, 0.29) is 78.8 Å². The molecule has 1 saturated heterocycles. The van der Waals surface area contributed by atoms with Crippen LogP contribution in [0.1, 0.15) is 86.5 Å². The molecule has 3 saturated carbocycles. The van der Waals surface area contributed by atoms with Gasteiger partial charge in [0.05, 0.1) is 36.7 Å². The van der Waals surface area contributed by atoms with Crippen molar-refractivity contribution in [3.05, 3.63) is 0 Å². The average Bonchev–Trinajstić information content (AvgIpc) is 3.12. The van der Waals surface area contributed by atoms with Gasteiger partial charge in [-0.1, -0.05) is 27.7 Å². The summed E-state index contributed by atoms with van der Waals surface area (Å²) in [4.78, 5) is 36.4. The monoisotopic (exact) mass is 514 g/mol. The van der Waals surface area contributed by atoms with Gasteiger partial charge in [-0.3, -0.25) is 14.4 Å². The van der Waals surface area contributed by atoms with Gasteiger partial charge in [0, 0.05) is 12.8 Å². The summed E-state index contributed by atoms with van der Waals surface area (Å²) >= 11 is 0. The quantitative estimate of drug-likeness (QED) is 0.303. The molecule has 8 nitrogen and oxygen atoms in total. The van der Waals surface area contributed by atoms with E-state index in [1.807, 2.05) is 0 Å². The number of halogens is 1. The van der Waals surface area contributed by atoms with Crippen LogP contribution in [-0.2, 0) is 28.4 Å². The van der Waals surface area contributed by atoms with E-state index in [0.717, 1.165) is 6.42 Å². The van der Waals surface area contributed by atoms with Gasteiger partial charge in [0.1, 0.15) is 5.78 Å². The Morgan fingerprint density at radius 1 is 1.14 bits per heavy atom. The molecule has 4 rings (SSSR count). The highest BCUT2D eigenvalue weighted by Gasteiger charge is 2.68. The Bertz CT molecular complexity index is 781. The van der Waals surface area contributed by atoms with Crippen LogP contribution in [0.4, 0.5) is 0 Å². The largest absolute Gasteiger partial charge is 0.481 e. The molecule has 4 fully saturated rings. The number of ketones is 1. The molecule has 1 heterocycles. The predicted octanol–water partition coefficient (Wildman–Crippen LogP) is 3.23. The highest BCUT2D eigenvalue weighted by Crippen LogP contribution is 2.65. The lowest BCUT2D eigenvalue weighted by Crippen LogP contribution is -2.65. The molecule has 3 N–H and O–H groups in total. The van der Waals surface area contributed by atoms with Gasteiger partial charge in [-0.05, 0) is 62.7 Å². The van der Waals surface area contributed by atoms with Gasteiger partial charge in [-0.25, -0.2) is 0 Å². The van der Waals surface area contributed by atoms with Gasteiger partial charge in [-0.2, -0.15) is 0 Å². The minimum absolute atomic E-state index is 0. The zero-order valence-corrected chi connectivity index (χ0v) is 22.9. The molecule has 0 aromatic heterocycles. The van der Waals surface area contributed by atoms with E-state index >= 15 is 0 Å². The lowest BCUT2D eigenvalue weighted by molar-refractivity contribution is -0.199. The molecule has 0 aromatic rings. The first-order valence-electron chi connectivity index (χ1n) is 12.9. The maximum atomic E-state index is 12.9. The third kappa shape index (κ3) is 6.59. The standard InChI is InChI=1S/C25H43BN2O6.ClH/c1-7-32-22(30)11-9-17(29)8-10-18(27)23(31)28-21(12-15(2)3)26-33-20-14-16-13-19(24(16,4)5)25(20,6)34-26;/h15-16,18-21H,7-14,27H2,1-6H3,(H,28,31);1H/t16-,18-,19-,20+,21-,25-;/m0./s1. The van der Waals surface area contributed by atoms with E-state index in [4.69, 9.17) is 19.8 Å². The molecule has 6 atom stereocenters. The summed E-state index contributed by atoms with van der Waals surface area (Å²) in [5.74, 6) is 0.343. The van der Waals surface area contributed by atoms with Gasteiger partial charge in [0.25, 0.3) is 0 Å². The fourth-order valence-corrected chi connectivity index (χ4v) is 6.15. The maximum Gasteiger partial charge on any atom is 0.481 e. The number of hydrogen-bond donors (Lipinski definition) is 2. The van der Waals surface area contributed by atoms with Crippen molar-refractivity contribution in [2.24, 2.45) is 28.9 Å². The fraction of sp³-hybridized carbons (Fsp3) is 0.880. The van der Waals surface area contributed by atoms with E-state index in [0.29, 0.717) is 30.8 Å². The zero-order valence-electron chi connectivity index (χ0n) is 22.1. The second-order valence-electron chi connectivity index (χ2n) is 11.6. The smallest absolute Gasteiger partial charge is 0.466 e. The molecule has 0 spiro atoms. The number of nitrogens with two attached hydrogens (primary N) is 1. The number of ether oxygens (including phenoxy) is 1. The SMILES string of the molecule is CCOC(=O)CCC(=O)CC[C@H](N)C(=O)N[C@@H](CC(C)C)B1O[C@@H]2C[C@@H]3C[C@@H](C3(C)C)[C@]2(C)O1.Cl. The van der Waals surface area contributed by atoms with Crippen LogP contribution in [0.15, 0.2) is 0 Å². The van der Waals surface area contributed by atoms with Crippen molar-refractivity contribution in [3.63, 3.8) is 0 Å². The minimum atomic E-state index is -0.813. The number of esters is 1. The highest BCUT2D eigenvalue weighted by atomic mass is 35.5. The molecular formula is C25H44BClN2O6. The van der Waals surface area contributed by atoms with Crippen LogP contribution in [-0.4, -0.2) is 55.1 Å². The molecule has 2 bridgehead atoms. The Morgan fingerprint density at radius 2 is 1.83 bits per heavy atom. The summed E-state index contributed by atoms with van der Waals surface area (Å²) in [6.07, 6.45) is 3.46. The Kier molecular flexibility index (Phi) is 10.2. The summed E-state index contributed by atoms with van der Waals surface area (Å²) in [6.45, 7) is 13.0. The Balaban J connectivity index is 0.00000432. The molecule has 0 aromatic carbocycles. The van der Waals surface area contributed by atoms with E-state index in [9.17, 15) is 14.4 Å². The van der Waals surface area contributed by atoms with Gasteiger partial charge >= 0.3 is 13.1 Å². The number of carbonyl (C=O) groups is 3. The van der Waals surface area contributed by atoms with Gasteiger partial charge in [0.2, 0.25) is 5.91 Å². The van der Waals surface area contributed by atoms with Crippen LogP contribution in [0.5, 0.6) is 0 Å². The number of hydrogen-bond acceptors (Lipinski definition) is 7. The van der Waals surface area contributed by atoms with Crippen LogP contribution >= 0.6 is 12.4 Å². The molecule has 1 aliphatic heterocycles. The van der Waals surface area contributed by atoms with E-state index < -0.39 is 13.2 Å². The Morgan fingerprint density at radius 3 is 2.43 bits per heavy atom. The number of rotatable bonds is 12. The van der Waals surface area contributed by atoms with Gasteiger partial charge in [0.15, 0.2) is 0 Å². The second kappa shape index (κ2) is 11.9. The molecule has 3 aliphatic carbocycles. The first-order valence-corrected chi connectivity index (χ1v) is 12.9. The van der Waals surface area contributed by atoms with Crippen molar-refractivity contribution in [2.75, 3.05) is 6.61 Å². The first kappa shape index (κ1) is 30.1. The van der Waals surface area contributed by atoms with Crippen LogP contribution in [0.2, 0.25) is 0 Å². The molecule has 35 heavy (non-hydrogen) atoms. The molecule has 0 unspecified atom stereocenters. The number of amides is 1. The first-order chi connectivity index (χ1) is 15.9. The summed E-state index contributed by atoms with van der Waals surface area (Å²) in [6, 6.07) is -0.813. The van der Waals surface area contributed by atoms with Crippen LogP contribution in [0.3, 0.4) is 0 Å². The van der Waals surface area contributed by atoms with Crippen molar-refractivity contribution >= 4 is 37.2 Å². The second-order valence-corrected chi connectivity index (χ2v) is 11.6. The topological polar surface area (TPSA) is 117 Å². The lowest BCUT2D eigenvalue weighted by atomic mass is 9.43. The van der Waals surface area contributed by atoms with Gasteiger partial charge in [-0.15, -0.1) is 12.4 Å². The van der Waals surface area contributed by atoms with Crippen LogP contribution in [0, 0.1) is 23.2 Å². The van der Waals surface area contributed by atoms with Crippen molar-refractivity contribution in [1.29, 1.82) is 0 Å². The Hall–Kier alpha value is -1.16. The predicted molar refractivity (Wildman–Crippen MR) is 137 cm³/mol. The van der Waals surface area contributed by atoms with Crippen LogP contribution in [0.25, 0.3) is 0 Å². The highest BCUT2D eigenvalue weighted by molar-refractivity contribution is 6.47. The summed E-state index contributed by atoms with van der Waals surface area (Å²) in [7, 11) is -0.505. The third-order valence-corrected chi connectivity index (χ3v) is 8.33. The maximum absolute atomic E-state index is 12.9. The number of carbonyl (C=O) groups excluding carboxylic acids is 3. The van der Waals surface area contributed by atoms with Crippen LogP contribution < -0.4 is 11.1 Å². The number of Topliss-reactive ketones (excluding diaryl/α,β-unsaturated/α-hetero) is 1. The van der Waals surface area contributed by atoms with Crippen molar-refractivity contribution in [1.82, 2.24) is 5.32 Å². The summed E-state index contributed by atoms with van der Waals surface area (Å²) < 4.78 is 17.8. The van der Waals surface area contributed by atoms with Gasteiger partial charge < -0.3 is 25.1 Å². The molecule has 4 aliphatic rings. The Labute approximate surface area is 216 Å². The number of nitrogens with one attached hydrogen (secondary N) is 1. The molecule has 10 heteroatoms. The minimum Gasteiger partial charge on any atom is -0.466 e. The van der Waals surface area contributed by atoms with Crippen molar-refractivity contribution in [3.8, 4) is 0 Å². The average molecular weight is 515 g/mol. The normalized spacial score (nSPS) is 29.9. The molecular weight excluding hydrogens is 471 g/mol. The van der Waals surface area contributed by atoms with E-state index in [1.54, 1.807) is 6.92 Å². The molecule has 1 amide bonds. The van der Waals surface area contributed by atoms with E-state index in [1.165, 1.54) is 6.42 Å². The molecule has 200 valence electrons. The van der Waals surface area contributed by atoms with E-state index in [2.05, 4.69) is 39.9 Å². The lowest BCUT2D eigenvalue weighted by Gasteiger charge is -2.64.